The van der Waals surface area contributed by atoms with Gasteiger partial charge in [0.2, 0.25) is 0 Å². The van der Waals surface area contributed by atoms with Gasteiger partial charge in [-0.15, -0.1) is 0 Å². The highest BCUT2D eigenvalue weighted by atomic mass is 127. The van der Waals surface area contributed by atoms with Crippen LogP contribution in [0.5, 0.6) is 0 Å². The first-order valence-electron chi connectivity index (χ1n) is 1.55. The smallest absolute Gasteiger partial charge is 0.150 e. The number of rotatable bonds is 1. The van der Waals surface area contributed by atoms with E-state index in [2.05, 4.69) is 0 Å². The Morgan fingerprint density at radius 2 is 2.20 bits per heavy atom. The molecule has 0 saturated carbocycles. The maximum atomic E-state index is 11.4. The lowest BCUT2D eigenvalue weighted by molar-refractivity contribution is 0.463. The van der Waals surface area contributed by atoms with Crippen LogP contribution in [0.3, 0.4) is 0 Å². The summed E-state index contributed by atoms with van der Waals surface area (Å²) in [6.07, 6.45) is 0.626. The third-order valence-electron chi connectivity index (χ3n) is 0.309. The highest BCUT2D eigenvalue weighted by molar-refractivity contribution is 14.1. The van der Waals surface area contributed by atoms with E-state index in [1.165, 1.54) is 0 Å². The molecule has 0 rings (SSSR count). The van der Waals surface area contributed by atoms with Gasteiger partial charge in [-0.1, -0.05) is 6.92 Å². The molecule has 0 aliphatic heterocycles. The van der Waals surface area contributed by atoms with Crippen LogP contribution in [0.25, 0.3) is 0 Å². The van der Waals surface area contributed by atoms with Gasteiger partial charge in [0, 0.05) is 0 Å². The third-order valence-corrected chi connectivity index (χ3v) is 1.19. The summed E-state index contributed by atoms with van der Waals surface area (Å²) >= 11 is 1.74. The fourth-order valence-corrected chi connectivity index (χ4v) is 0. The van der Waals surface area contributed by atoms with Crippen molar-refractivity contribution in [3.63, 3.8) is 0 Å². The van der Waals surface area contributed by atoms with Gasteiger partial charge in [-0.25, -0.2) is 4.39 Å². The molecule has 0 radical (unpaired) electrons. The molecule has 0 heterocycles. The molecule has 0 aromatic carbocycles. The minimum absolute atomic E-state index is 0.626. The molecule has 1 atom stereocenters. The molecule has 0 aliphatic rings. The Labute approximate surface area is 44.9 Å². The van der Waals surface area contributed by atoms with Gasteiger partial charge < -0.3 is 0 Å². The maximum absolute atomic E-state index is 11.4. The molecule has 0 amide bonds. The topological polar surface area (TPSA) is 0 Å². The number of halogens is 2. The molecule has 2 heteroatoms. The Balaban J connectivity index is 2.54. The van der Waals surface area contributed by atoms with E-state index in [0.29, 0.717) is 6.42 Å². The molecule has 5 heavy (non-hydrogen) atoms. The summed E-state index contributed by atoms with van der Waals surface area (Å²) in [7, 11) is 0. The van der Waals surface area contributed by atoms with E-state index in [-0.39, 0.29) is 0 Å². The molecule has 1 unspecified atom stereocenters. The molecule has 32 valence electrons. The van der Waals surface area contributed by atoms with Crippen molar-refractivity contribution in [2.45, 2.75) is 17.5 Å². The molecular weight excluding hydrogens is 181 g/mol. The van der Waals surface area contributed by atoms with Crippen LogP contribution in [0.2, 0.25) is 0 Å². The molecule has 0 aromatic rings. The summed E-state index contributed by atoms with van der Waals surface area (Å²) in [5.74, 6) is 0. The summed E-state index contributed by atoms with van der Waals surface area (Å²) in [6, 6.07) is 0. The van der Waals surface area contributed by atoms with Crippen molar-refractivity contribution in [1.29, 1.82) is 0 Å². The molecule has 0 spiro atoms. The summed E-state index contributed by atoms with van der Waals surface area (Å²) < 4.78 is 10.8. The molecule has 0 fully saturated rings. The lowest BCUT2D eigenvalue weighted by atomic mass is 10.6. The fourth-order valence-electron chi connectivity index (χ4n) is 0. The molecule has 0 aromatic heterocycles. The Bertz CT molecular complexity index is 20.9. The number of alkyl halides is 2. The van der Waals surface area contributed by atoms with Crippen LogP contribution in [-0.2, 0) is 0 Å². The van der Waals surface area contributed by atoms with Crippen molar-refractivity contribution in [3.05, 3.63) is 0 Å². The Hall–Kier alpha value is 0.660. The first kappa shape index (κ1) is 5.66. The first-order chi connectivity index (χ1) is 2.27. The number of hydrogen-bond donors (Lipinski definition) is 0. The average molecular weight is 187 g/mol. The normalized spacial score (nSPS) is 15.0. The van der Waals surface area contributed by atoms with Crippen molar-refractivity contribution in [2.75, 3.05) is 0 Å². The first-order valence-corrected chi connectivity index (χ1v) is 2.80. The Morgan fingerprint density at radius 1 is 2.00 bits per heavy atom. The summed E-state index contributed by atoms with van der Waals surface area (Å²) in [4.78, 5) is 0. The third kappa shape index (κ3) is 4.66. The maximum Gasteiger partial charge on any atom is 0.150 e. The van der Waals surface area contributed by atoms with Gasteiger partial charge in [0.05, 0.1) is 0 Å². The lowest BCUT2D eigenvalue weighted by Crippen LogP contribution is -1.76. The van der Waals surface area contributed by atoms with E-state index in [1.54, 1.807) is 22.6 Å². The quantitative estimate of drug-likeness (QED) is 0.435. The molecule has 0 aliphatic carbocycles. The molecule has 0 N–H and O–H groups in total. The van der Waals surface area contributed by atoms with E-state index >= 15 is 0 Å². The van der Waals surface area contributed by atoms with Crippen molar-refractivity contribution in [1.82, 2.24) is 0 Å². The SMILES string of the molecule is CCC([18F])I. The second kappa shape index (κ2) is 2.87. The molecule has 0 bridgehead atoms. The highest BCUT2D eigenvalue weighted by Gasteiger charge is 1.88. The van der Waals surface area contributed by atoms with Gasteiger partial charge in [-0.05, 0) is 29.0 Å². The molecule has 0 nitrogen and oxygen atoms in total. The highest BCUT2D eigenvalue weighted by Crippen LogP contribution is 2.03. The summed E-state index contributed by atoms with van der Waals surface area (Å²) in [5, 5.41) is 0. The van der Waals surface area contributed by atoms with Gasteiger partial charge >= 0.3 is 0 Å². The van der Waals surface area contributed by atoms with E-state index < -0.39 is 4.18 Å². The largest absolute Gasteiger partial charge is 0.236 e. The predicted octanol–water partition coefficient (Wildman–Crippen LogP) is 2.13. The van der Waals surface area contributed by atoms with Crippen molar-refractivity contribution >= 4 is 22.6 Å². The zero-order chi connectivity index (χ0) is 4.28. The van der Waals surface area contributed by atoms with Crippen LogP contribution in [0, 0.1) is 0 Å². The van der Waals surface area contributed by atoms with E-state index in [4.69, 9.17) is 0 Å². The average Bonchev–Trinajstić information content (AvgIpc) is 1.38. The van der Waals surface area contributed by atoms with E-state index in [0.717, 1.165) is 0 Å². The molecule has 0 saturated heterocycles. The van der Waals surface area contributed by atoms with Gasteiger partial charge in [-0.3, -0.25) is 0 Å². The minimum atomic E-state index is -0.646. The van der Waals surface area contributed by atoms with Crippen LogP contribution in [0.4, 0.5) is 4.39 Å². The van der Waals surface area contributed by atoms with E-state index in [1.807, 2.05) is 6.92 Å². The van der Waals surface area contributed by atoms with Crippen LogP contribution in [-0.4, -0.2) is 4.18 Å². The van der Waals surface area contributed by atoms with E-state index in [9.17, 15) is 4.39 Å². The van der Waals surface area contributed by atoms with Crippen molar-refractivity contribution in [3.8, 4) is 0 Å². The second-order valence-corrected chi connectivity index (χ2v) is 2.15. The lowest BCUT2D eigenvalue weighted by Gasteiger charge is -1.83. The van der Waals surface area contributed by atoms with Crippen LogP contribution >= 0.6 is 22.6 Å². The van der Waals surface area contributed by atoms with Crippen molar-refractivity contribution in [2.24, 2.45) is 0 Å². The van der Waals surface area contributed by atoms with Gasteiger partial charge in [-0.2, -0.15) is 0 Å². The number of hydrogen-bond acceptors (Lipinski definition) is 0. The predicted molar refractivity (Wildman–Crippen MR) is 29.2 cm³/mol. The standard InChI is InChI=1S/C3H6FI/c1-2-3(4)5/h3H,2H2,1H3/i4-1. The summed E-state index contributed by atoms with van der Waals surface area (Å²) in [6.45, 7) is 1.82. The van der Waals surface area contributed by atoms with Crippen LogP contribution in [0.15, 0.2) is 0 Å². The monoisotopic (exact) mass is 187 g/mol. The van der Waals surface area contributed by atoms with Gasteiger partial charge in [0.1, 0.15) is 0 Å². The zero-order valence-corrected chi connectivity index (χ0v) is 5.20. The van der Waals surface area contributed by atoms with Crippen molar-refractivity contribution < 1.29 is 4.39 Å². The minimum Gasteiger partial charge on any atom is -0.236 e. The Kier molecular flexibility index (Phi) is 3.25. The summed E-state index contributed by atoms with van der Waals surface area (Å²) in [5.41, 5.74) is 0. The fraction of sp³-hybridized carbons (Fsp3) is 1.00. The molecular formula is C3H6FI. The second-order valence-electron chi connectivity index (χ2n) is 0.799. The van der Waals surface area contributed by atoms with Gasteiger partial charge in [0.25, 0.3) is 0 Å². The van der Waals surface area contributed by atoms with Gasteiger partial charge in [0.15, 0.2) is 4.18 Å². The zero-order valence-electron chi connectivity index (χ0n) is 3.04. The Morgan fingerprint density at radius 3 is 2.20 bits per heavy atom. The van der Waals surface area contributed by atoms with Crippen LogP contribution < -0.4 is 0 Å². The van der Waals surface area contributed by atoms with Crippen LogP contribution in [0.1, 0.15) is 13.3 Å².